The molecule has 0 aromatic heterocycles. The van der Waals surface area contributed by atoms with Crippen LogP contribution in [0.1, 0.15) is 6.42 Å². The van der Waals surface area contributed by atoms with Crippen LogP contribution >= 0.6 is 11.8 Å². The lowest BCUT2D eigenvalue weighted by atomic mass is 9.97. The maximum absolute atomic E-state index is 13.1. The zero-order valence-corrected chi connectivity index (χ0v) is 10.7. The van der Waals surface area contributed by atoms with Crippen LogP contribution in [-0.2, 0) is 9.53 Å². The van der Waals surface area contributed by atoms with Crippen molar-refractivity contribution >= 4 is 24.1 Å². The van der Waals surface area contributed by atoms with Gasteiger partial charge in [0.1, 0.15) is 12.3 Å². The number of carbonyl (C=O) groups is 1. The Morgan fingerprint density at radius 3 is 3.11 bits per heavy atom. The molecule has 3 rings (SSSR count). The zero-order chi connectivity index (χ0) is 12.5. The molecule has 0 aromatic rings. The highest BCUT2D eigenvalue weighted by atomic mass is 32.2. The zero-order valence-electron chi connectivity index (χ0n) is 9.87. The van der Waals surface area contributed by atoms with Crippen molar-refractivity contribution in [2.75, 3.05) is 18.8 Å². The molecule has 1 saturated heterocycles. The van der Waals surface area contributed by atoms with Crippen molar-refractivity contribution in [3.63, 3.8) is 0 Å². The molecule has 98 valence electrons. The van der Waals surface area contributed by atoms with E-state index in [2.05, 4.69) is 11.1 Å². The molecule has 0 saturated carbocycles. The first kappa shape index (κ1) is 12.0. The van der Waals surface area contributed by atoms with Gasteiger partial charge in [0, 0.05) is 18.2 Å². The SMILES string of the molecule is O=C([C@@H]1N=CO[C@H]1C1C=CSC1)N1CC[C@H](F)C1. The summed E-state index contributed by atoms with van der Waals surface area (Å²) in [6, 6.07) is -0.497. The summed E-state index contributed by atoms with van der Waals surface area (Å²) in [5.74, 6) is 1.04. The van der Waals surface area contributed by atoms with Gasteiger partial charge in [-0.1, -0.05) is 6.08 Å². The van der Waals surface area contributed by atoms with Gasteiger partial charge in [-0.25, -0.2) is 9.38 Å². The number of ether oxygens (including phenoxy) is 1. The van der Waals surface area contributed by atoms with Gasteiger partial charge in [-0.2, -0.15) is 0 Å². The van der Waals surface area contributed by atoms with E-state index in [9.17, 15) is 9.18 Å². The maximum atomic E-state index is 13.1. The van der Waals surface area contributed by atoms with Crippen molar-refractivity contribution in [1.82, 2.24) is 4.90 Å². The van der Waals surface area contributed by atoms with Crippen molar-refractivity contribution < 1.29 is 13.9 Å². The molecule has 3 aliphatic rings. The summed E-state index contributed by atoms with van der Waals surface area (Å²) in [5.41, 5.74) is 0. The third-order valence-corrected chi connectivity index (χ3v) is 4.51. The fraction of sp³-hybridized carbons (Fsp3) is 0.667. The Morgan fingerprint density at radius 1 is 1.56 bits per heavy atom. The van der Waals surface area contributed by atoms with E-state index in [0.717, 1.165) is 5.75 Å². The molecular formula is C12H15FN2O2S. The molecule has 1 amide bonds. The van der Waals surface area contributed by atoms with Crippen LogP contribution in [0.4, 0.5) is 4.39 Å². The Hall–Kier alpha value is -1.04. The summed E-state index contributed by atoms with van der Waals surface area (Å²) < 4.78 is 18.6. The van der Waals surface area contributed by atoms with Crippen molar-refractivity contribution in [1.29, 1.82) is 0 Å². The number of hydrogen-bond acceptors (Lipinski definition) is 4. The third kappa shape index (κ3) is 2.13. The van der Waals surface area contributed by atoms with Gasteiger partial charge in [0.25, 0.3) is 5.91 Å². The van der Waals surface area contributed by atoms with E-state index in [-0.39, 0.29) is 24.5 Å². The summed E-state index contributed by atoms with van der Waals surface area (Å²) >= 11 is 1.71. The topological polar surface area (TPSA) is 41.9 Å². The Morgan fingerprint density at radius 2 is 2.44 bits per heavy atom. The Kier molecular flexibility index (Phi) is 3.28. The molecule has 0 N–H and O–H groups in total. The maximum Gasteiger partial charge on any atom is 0.251 e. The van der Waals surface area contributed by atoms with E-state index >= 15 is 0 Å². The minimum Gasteiger partial charge on any atom is -0.477 e. The lowest BCUT2D eigenvalue weighted by Gasteiger charge is -2.24. The molecule has 1 unspecified atom stereocenters. The molecule has 0 spiro atoms. The lowest BCUT2D eigenvalue weighted by molar-refractivity contribution is -0.133. The highest BCUT2D eigenvalue weighted by molar-refractivity contribution is 8.02. The number of alkyl halides is 1. The van der Waals surface area contributed by atoms with Crippen LogP contribution in [0.25, 0.3) is 0 Å². The molecular weight excluding hydrogens is 255 g/mol. The van der Waals surface area contributed by atoms with Crippen LogP contribution in [-0.4, -0.2) is 54.4 Å². The van der Waals surface area contributed by atoms with Gasteiger partial charge in [0.15, 0.2) is 12.4 Å². The molecule has 18 heavy (non-hydrogen) atoms. The molecule has 0 aliphatic carbocycles. The number of likely N-dealkylation sites (tertiary alicyclic amines) is 1. The summed E-state index contributed by atoms with van der Waals surface area (Å²) in [7, 11) is 0. The lowest BCUT2D eigenvalue weighted by Crippen LogP contribution is -2.44. The molecule has 4 nitrogen and oxygen atoms in total. The van der Waals surface area contributed by atoms with Crippen LogP contribution in [0, 0.1) is 5.92 Å². The number of hydrogen-bond donors (Lipinski definition) is 0. The largest absolute Gasteiger partial charge is 0.477 e. The van der Waals surface area contributed by atoms with Gasteiger partial charge in [0.05, 0.1) is 6.54 Å². The summed E-state index contributed by atoms with van der Waals surface area (Å²) in [5, 5.41) is 2.03. The van der Waals surface area contributed by atoms with Crippen molar-refractivity contribution in [3.05, 3.63) is 11.5 Å². The van der Waals surface area contributed by atoms with Crippen molar-refractivity contribution in [3.8, 4) is 0 Å². The quantitative estimate of drug-likeness (QED) is 0.758. The van der Waals surface area contributed by atoms with Crippen molar-refractivity contribution in [2.45, 2.75) is 24.7 Å². The van der Waals surface area contributed by atoms with E-state index in [1.807, 2.05) is 5.41 Å². The fourth-order valence-electron chi connectivity index (χ4n) is 2.56. The number of amides is 1. The van der Waals surface area contributed by atoms with Gasteiger partial charge in [-0.15, -0.1) is 11.8 Å². The minimum absolute atomic E-state index is 0.0980. The fourth-order valence-corrected chi connectivity index (χ4v) is 3.50. The van der Waals surface area contributed by atoms with E-state index in [1.165, 1.54) is 6.40 Å². The number of halogens is 1. The number of nitrogens with zero attached hydrogens (tertiary/aromatic N) is 2. The summed E-state index contributed by atoms with van der Waals surface area (Å²) in [6.07, 6.45) is 2.76. The third-order valence-electron chi connectivity index (χ3n) is 3.58. The second-order valence-electron chi connectivity index (χ2n) is 4.80. The van der Waals surface area contributed by atoms with Gasteiger partial charge < -0.3 is 9.64 Å². The smallest absolute Gasteiger partial charge is 0.251 e. The monoisotopic (exact) mass is 270 g/mol. The van der Waals surface area contributed by atoms with E-state index in [0.29, 0.717) is 13.0 Å². The first-order valence-electron chi connectivity index (χ1n) is 6.14. The average molecular weight is 270 g/mol. The predicted octanol–water partition coefficient (Wildman–Crippen LogP) is 1.23. The first-order chi connectivity index (χ1) is 8.75. The molecule has 3 heterocycles. The number of carbonyl (C=O) groups excluding carboxylic acids is 1. The number of thioether (sulfide) groups is 1. The molecule has 0 radical (unpaired) electrons. The molecule has 3 aliphatic heterocycles. The Bertz CT molecular complexity index is 402. The summed E-state index contributed by atoms with van der Waals surface area (Å²) in [4.78, 5) is 18.0. The first-order valence-corrected chi connectivity index (χ1v) is 7.19. The van der Waals surface area contributed by atoms with Gasteiger partial charge in [-0.3, -0.25) is 4.79 Å². The van der Waals surface area contributed by atoms with Crippen LogP contribution in [0.15, 0.2) is 16.5 Å². The molecule has 6 heteroatoms. The standard InChI is InChI=1S/C12H15FN2O2S/c13-9-1-3-15(5-9)12(16)10-11(17-7-14-10)8-2-4-18-6-8/h2,4,7-11H,1,3,5-6H2/t8?,9-,10+,11-/m0/s1. The minimum atomic E-state index is -0.888. The second kappa shape index (κ2) is 4.91. The van der Waals surface area contributed by atoms with Crippen LogP contribution in [0.2, 0.25) is 0 Å². The molecule has 4 atom stereocenters. The van der Waals surface area contributed by atoms with E-state index in [4.69, 9.17) is 4.74 Å². The van der Waals surface area contributed by atoms with Crippen LogP contribution < -0.4 is 0 Å². The van der Waals surface area contributed by atoms with Crippen LogP contribution in [0.3, 0.4) is 0 Å². The molecule has 1 fully saturated rings. The van der Waals surface area contributed by atoms with Gasteiger partial charge in [-0.05, 0) is 11.8 Å². The molecule has 0 bridgehead atoms. The van der Waals surface area contributed by atoms with E-state index in [1.54, 1.807) is 16.7 Å². The van der Waals surface area contributed by atoms with Crippen molar-refractivity contribution in [2.24, 2.45) is 10.9 Å². The highest BCUT2D eigenvalue weighted by Gasteiger charge is 2.41. The average Bonchev–Trinajstić information content (AvgIpc) is 3.08. The molecule has 0 aromatic carbocycles. The second-order valence-corrected chi connectivity index (χ2v) is 5.73. The highest BCUT2D eigenvalue weighted by Crippen LogP contribution is 2.30. The summed E-state index contributed by atoms with van der Waals surface area (Å²) in [6.45, 7) is 0.695. The number of aliphatic imine (C=N–C) groups is 1. The van der Waals surface area contributed by atoms with Gasteiger partial charge in [0.2, 0.25) is 0 Å². The number of rotatable bonds is 2. The van der Waals surface area contributed by atoms with Gasteiger partial charge >= 0.3 is 0 Å². The normalized spacial score (nSPS) is 38.4. The van der Waals surface area contributed by atoms with Crippen LogP contribution in [0.5, 0.6) is 0 Å². The Labute approximate surface area is 109 Å². The van der Waals surface area contributed by atoms with E-state index < -0.39 is 12.2 Å². The predicted molar refractivity (Wildman–Crippen MR) is 68.3 cm³/mol. The Balaban J connectivity index is 1.68.